The Morgan fingerprint density at radius 1 is 1.04 bits per heavy atom. The molecule has 0 amide bonds. The van der Waals surface area contributed by atoms with Crippen LogP contribution in [0.15, 0.2) is 47.6 Å². The molecule has 2 heterocycles. The molecule has 6 heteroatoms. The van der Waals surface area contributed by atoms with Gasteiger partial charge in [0.05, 0.1) is 25.4 Å². The number of carbonyl (C=O) groups excluding carboxylic acids is 3. The second kappa shape index (κ2) is 5.72. The highest BCUT2D eigenvalue weighted by molar-refractivity contribution is 6.05. The molecule has 0 radical (unpaired) electrons. The van der Waals surface area contributed by atoms with Crippen LogP contribution in [-0.4, -0.2) is 38.0 Å². The SMILES string of the molecule is COC(=O)C1=C(C(=O)OC)[C@]2(c3ccc(C(C)=O)cc3)C=C[C@H]1O2. The molecule has 0 aliphatic carbocycles. The van der Waals surface area contributed by atoms with Crippen LogP contribution in [-0.2, 0) is 29.4 Å². The highest BCUT2D eigenvalue weighted by Crippen LogP contribution is 2.50. The van der Waals surface area contributed by atoms with Crippen LogP contribution in [0.2, 0.25) is 0 Å². The number of esters is 2. The molecule has 2 aliphatic heterocycles. The summed E-state index contributed by atoms with van der Waals surface area (Å²) in [4.78, 5) is 35.9. The number of ketones is 1. The van der Waals surface area contributed by atoms with Crippen molar-refractivity contribution in [1.82, 2.24) is 0 Å². The number of Topliss-reactive ketones (excluding diaryl/α,β-unsaturated/α-hetero) is 1. The zero-order chi connectivity index (χ0) is 17.5. The van der Waals surface area contributed by atoms with Gasteiger partial charge in [-0.25, -0.2) is 9.59 Å². The van der Waals surface area contributed by atoms with Gasteiger partial charge in [-0.1, -0.05) is 30.3 Å². The van der Waals surface area contributed by atoms with E-state index in [1.54, 1.807) is 36.4 Å². The maximum absolute atomic E-state index is 12.3. The molecule has 0 spiro atoms. The zero-order valence-corrected chi connectivity index (χ0v) is 13.5. The Hall–Kier alpha value is -2.73. The monoisotopic (exact) mass is 328 g/mol. The summed E-state index contributed by atoms with van der Waals surface area (Å²) in [7, 11) is 2.49. The fraction of sp³-hybridized carbons (Fsp3) is 0.278. The van der Waals surface area contributed by atoms with E-state index in [-0.39, 0.29) is 16.9 Å². The van der Waals surface area contributed by atoms with Crippen LogP contribution in [0.25, 0.3) is 0 Å². The predicted octanol–water partition coefficient (Wildman–Crippen LogP) is 1.70. The lowest BCUT2D eigenvalue weighted by molar-refractivity contribution is -0.139. The molecule has 2 atom stereocenters. The van der Waals surface area contributed by atoms with Crippen molar-refractivity contribution in [3.05, 3.63) is 58.7 Å². The van der Waals surface area contributed by atoms with Gasteiger partial charge in [0.25, 0.3) is 0 Å². The standard InChI is InChI=1S/C18H16O6/c1-10(19)11-4-6-12(7-5-11)18-9-8-13(24-18)14(16(20)22-2)15(18)17(21)23-3/h4-9,13H,1-3H3/t13-,18-/m1/s1. The van der Waals surface area contributed by atoms with Gasteiger partial charge in [-0.3, -0.25) is 4.79 Å². The molecule has 0 saturated carbocycles. The molecule has 0 saturated heterocycles. The van der Waals surface area contributed by atoms with Crippen molar-refractivity contribution in [3.63, 3.8) is 0 Å². The maximum atomic E-state index is 12.3. The van der Waals surface area contributed by atoms with Crippen LogP contribution in [0.5, 0.6) is 0 Å². The van der Waals surface area contributed by atoms with Gasteiger partial charge in [0.1, 0.15) is 11.7 Å². The molecule has 0 N–H and O–H groups in total. The topological polar surface area (TPSA) is 78.9 Å². The van der Waals surface area contributed by atoms with Crippen molar-refractivity contribution in [2.75, 3.05) is 14.2 Å². The average Bonchev–Trinajstić information content (AvgIpc) is 3.18. The summed E-state index contributed by atoms with van der Waals surface area (Å²) < 4.78 is 15.6. The maximum Gasteiger partial charge on any atom is 0.338 e. The summed E-state index contributed by atoms with van der Waals surface area (Å²) in [6.45, 7) is 1.47. The van der Waals surface area contributed by atoms with Gasteiger partial charge in [-0.05, 0) is 18.6 Å². The molecule has 2 aliphatic rings. The lowest BCUT2D eigenvalue weighted by Gasteiger charge is -2.26. The number of hydrogen-bond acceptors (Lipinski definition) is 6. The number of fused-ring (bicyclic) bond motifs is 2. The fourth-order valence-corrected chi connectivity index (χ4v) is 3.09. The lowest BCUT2D eigenvalue weighted by Crippen LogP contribution is -2.30. The van der Waals surface area contributed by atoms with Crippen molar-refractivity contribution in [3.8, 4) is 0 Å². The zero-order valence-electron chi connectivity index (χ0n) is 13.5. The van der Waals surface area contributed by atoms with Crippen LogP contribution in [0, 0.1) is 0 Å². The number of rotatable bonds is 4. The third-order valence-electron chi connectivity index (χ3n) is 4.26. The van der Waals surface area contributed by atoms with E-state index in [0.29, 0.717) is 11.1 Å². The number of methoxy groups -OCH3 is 2. The first kappa shape index (κ1) is 16.1. The first-order valence-electron chi connectivity index (χ1n) is 7.34. The normalized spacial score (nSPS) is 24.2. The Bertz CT molecular complexity index is 786. The van der Waals surface area contributed by atoms with E-state index in [2.05, 4.69) is 0 Å². The van der Waals surface area contributed by atoms with Crippen molar-refractivity contribution in [2.24, 2.45) is 0 Å². The largest absolute Gasteiger partial charge is 0.466 e. The molecular formula is C18H16O6. The summed E-state index contributed by atoms with van der Waals surface area (Å²) in [6.07, 6.45) is 2.76. The van der Waals surface area contributed by atoms with Gasteiger partial charge >= 0.3 is 11.9 Å². The van der Waals surface area contributed by atoms with E-state index in [0.717, 1.165) is 0 Å². The first-order valence-corrected chi connectivity index (χ1v) is 7.34. The van der Waals surface area contributed by atoms with E-state index < -0.39 is 23.6 Å². The molecular weight excluding hydrogens is 312 g/mol. The summed E-state index contributed by atoms with van der Waals surface area (Å²) in [5.74, 6) is -1.35. The second-order valence-corrected chi connectivity index (χ2v) is 5.54. The molecule has 124 valence electrons. The molecule has 6 nitrogen and oxygen atoms in total. The number of benzene rings is 1. The third kappa shape index (κ3) is 2.18. The smallest absolute Gasteiger partial charge is 0.338 e. The Labute approximate surface area is 138 Å². The van der Waals surface area contributed by atoms with E-state index in [1.807, 2.05) is 0 Å². The molecule has 1 aromatic carbocycles. The van der Waals surface area contributed by atoms with Gasteiger partial charge in [-0.2, -0.15) is 0 Å². The minimum Gasteiger partial charge on any atom is -0.466 e. The van der Waals surface area contributed by atoms with Crippen LogP contribution < -0.4 is 0 Å². The Morgan fingerprint density at radius 3 is 2.21 bits per heavy atom. The van der Waals surface area contributed by atoms with Crippen LogP contribution in [0.4, 0.5) is 0 Å². The molecule has 24 heavy (non-hydrogen) atoms. The van der Waals surface area contributed by atoms with Gasteiger partial charge in [0.2, 0.25) is 0 Å². The van der Waals surface area contributed by atoms with Gasteiger partial charge in [-0.15, -0.1) is 0 Å². The summed E-state index contributed by atoms with van der Waals surface area (Å²) in [6, 6.07) is 6.71. The number of carbonyl (C=O) groups is 3. The minimum absolute atomic E-state index is 0.0646. The molecule has 2 bridgehead atoms. The Kier molecular flexibility index (Phi) is 3.85. The van der Waals surface area contributed by atoms with E-state index in [9.17, 15) is 14.4 Å². The second-order valence-electron chi connectivity index (χ2n) is 5.54. The lowest BCUT2D eigenvalue weighted by atomic mass is 9.81. The van der Waals surface area contributed by atoms with E-state index in [1.165, 1.54) is 21.1 Å². The van der Waals surface area contributed by atoms with Crippen molar-refractivity contribution >= 4 is 17.7 Å². The van der Waals surface area contributed by atoms with E-state index >= 15 is 0 Å². The number of hydrogen-bond donors (Lipinski definition) is 0. The Morgan fingerprint density at radius 2 is 1.67 bits per heavy atom. The van der Waals surface area contributed by atoms with Crippen LogP contribution >= 0.6 is 0 Å². The predicted molar refractivity (Wildman–Crippen MR) is 83.2 cm³/mol. The summed E-state index contributed by atoms with van der Waals surface area (Å²) >= 11 is 0. The molecule has 0 unspecified atom stereocenters. The Balaban J connectivity index is 2.15. The molecule has 1 aromatic rings. The molecule has 0 aromatic heterocycles. The van der Waals surface area contributed by atoms with Gasteiger partial charge < -0.3 is 14.2 Å². The fourth-order valence-electron chi connectivity index (χ4n) is 3.09. The van der Waals surface area contributed by atoms with Crippen molar-refractivity contribution < 1.29 is 28.6 Å². The van der Waals surface area contributed by atoms with Crippen molar-refractivity contribution in [2.45, 2.75) is 18.6 Å². The van der Waals surface area contributed by atoms with E-state index in [4.69, 9.17) is 14.2 Å². The number of ether oxygens (including phenoxy) is 3. The molecule has 0 fully saturated rings. The van der Waals surface area contributed by atoms with Gasteiger partial charge in [0, 0.05) is 5.56 Å². The van der Waals surface area contributed by atoms with Crippen LogP contribution in [0.3, 0.4) is 0 Å². The minimum atomic E-state index is -1.21. The quantitative estimate of drug-likeness (QED) is 0.475. The average molecular weight is 328 g/mol. The summed E-state index contributed by atoms with van der Waals surface area (Å²) in [5.41, 5.74) is 0.216. The van der Waals surface area contributed by atoms with Crippen LogP contribution in [0.1, 0.15) is 22.8 Å². The third-order valence-corrected chi connectivity index (χ3v) is 4.26. The first-order chi connectivity index (χ1) is 11.4. The highest BCUT2D eigenvalue weighted by Gasteiger charge is 2.55. The van der Waals surface area contributed by atoms with Gasteiger partial charge in [0.15, 0.2) is 5.78 Å². The molecule has 3 rings (SSSR count). The summed E-state index contributed by atoms with van der Waals surface area (Å²) in [5, 5.41) is 0. The van der Waals surface area contributed by atoms with Crippen molar-refractivity contribution in [1.29, 1.82) is 0 Å². The highest BCUT2D eigenvalue weighted by atomic mass is 16.6.